The highest BCUT2D eigenvalue weighted by Crippen LogP contribution is 2.25. The summed E-state index contributed by atoms with van der Waals surface area (Å²) in [4.78, 5) is 26.2. The Balaban J connectivity index is 1.36. The van der Waals surface area contributed by atoms with E-state index in [2.05, 4.69) is 10.6 Å². The van der Waals surface area contributed by atoms with E-state index in [1.54, 1.807) is 24.0 Å². The SMILES string of the molecule is Cc1ccc(NC(=O)N2CCC(CCNC(=O)C3CCCC3)CC2)cc1F. The zero-order valence-electron chi connectivity index (χ0n) is 16.1. The summed E-state index contributed by atoms with van der Waals surface area (Å²) in [5.74, 6) is 0.665. The smallest absolute Gasteiger partial charge is 0.321 e. The summed E-state index contributed by atoms with van der Waals surface area (Å²) in [5, 5.41) is 5.85. The summed E-state index contributed by atoms with van der Waals surface area (Å²) in [6, 6.07) is 4.56. The van der Waals surface area contributed by atoms with Gasteiger partial charge in [-0.05, 0) is 62.6 Å². The Kier molecular flexibility index (Phi) is 6.69. The average molecular weight is 375 g/mol. The average Bonchev–Trinajstić information content (AvgIpc) is 3.20. The molecule has 2 fully saturated rings. The number of carbonyl (C=O) groups excluding carboxylic acids is 2. The highest BCUT2D eigenvalue weighted by atomic mass is 19.1. The van der Waals surface area contributed by atoms with Crippen LogP contribution in [0.3, 0.4) is 0 Å². The van der Waals surface area contributed by atoms with Crippen LogP contribution >= 0.6 is 0 Å². The molecule has 0 atom stereocenters. The summed E-state index contributed by atoms with van der Waals surface area (Å²) >= 11 is 0. The lowest BCUT2D eigenvalue weighted by Crippen LogP contribution is -2.41. The molecule has 0 radical (unpaired) electrons. The molecule has 0 unspecified atom stereocenters. The minimum Gasteiger partial charge on any atom is -0.356 e. The first kappa shape index (κ1) is 19.6. The zero-order chi connectivity index (χ0) is 19.2. The molecule has 1 aliphatic heterocycles. The number of halogens is 1. The number of nitrogens with one attached hydrogen (secondary N) is 2. The number of hydrogen-bond acceptors (Lipinski definition) is 2. The van der Waals surface area contributed by atoms with Gasteiger partial charge in [0.15, 0.2) is 0 Å². The molecule has 2 N–H and O–H groups in total. The largest absolute Gasteiger partial charge is 0.356 e. The van der Waals surface area contributed by atoms with Crippen LogP contribution in [0.25, 0.3) is 0 Å². The third-order valence-corrected chi connectivity index (χ3v) is 5.90. The van der Waals surface area contributed by atoms with Crippen molar-refractivity contribution in [2.45, 2.75) is 51.9 Å². The maximum atomic E-state index is 13.6. The Bertz CT molecular complexity index is 665. The van der Waals surface area contributed by atoms with Crippen molar-refractivity contribution in [3.05, 3.63) is 29.6 Å². The van der Waals surface area contributed by atoms with Crippen LogP contribution in [0.5, 0.6) is 0 Å². The number of urea groups is 1. The van der Waals surface area contributed by atoms with Crippen LogP contribution in [0.15, 0.2) is 18.2 Å². The van der Waals surface area contributed by atoms with Crippen molar-refractivity contribution < 1.29 is 14.0 Å². The molecule has 1 aliphatic carbocycles. The lowest BCUT2D eigenvalue weighted by molar-refractivity contribution is -0.124. The van der Waals surface area contributed by atoms with Gasteiger partial charge < -0.3 is 15.5 Å². The van der Waals surface area contributed by atoms with Crippen molar-refractivity contribution in [3.8, 4) is 0 Å². The van der Waals surface area contributed by atoms with Crippen molar-refractivity contribution in [3.63, 3.8) is 0 Å². The Hall–Kier alpha value is -2.11. The van der Waals surface area contributed by atoms with Gasteiger partial charge in [-0.3, -0.25) is 4.79 Å². The summed E-state index contributed by atoms with van der Waals surface area (Å²) < 4.78 is 13.6. The molecule has 2 aliphatic rings. The number of carbonyl (C=O) groups is 2. The van der Waals surface area contributed by atoms with E-state index in [4.69, 9.17) is 0 Å². The first-order valence-electron chi connectivity index (χ1n) is 10.1. The number of anilines is 1. The fourth-order valence-corrected chi connectivity index (χ4v) is 4.03. The van der Waals surface area contributed by atoms with E-state index >= 15 is 0 Å². The predicted molar refractivity (Wildman–Crippen MR) is 104 cm³/mol. The predicted octanol–water partition coefficient (Wildman–Crippen LogP) is 4.07. The maximum Gasteiger partial charge on any atom is 0.321 e. The van der Waals surface area contributed by atoms with Crippen LogP contribution in [0, 0.1) is 24.6 Å². The van der Waals surface area contributed by atoms with E-state index < -0.39 is 0 Å². The lowest BCUT2D eigenvalue weighted by Gasteiger charge is -2.32. The third kappa shape index (κ3) is 5.44. The summed E-state index contributed by atoms with van der Waals surface area (Å²) in [7, 11) is 0. The highest BCUT2D eigenvalue weighted by molar-refractivity contribution is 5.89. The Morgan fingerprint density at radius 1 is 1.15 bits per heavy atom. The molecule has 27 heavy (non-hydrogen) atoms. The van der Waals surface area contributed by atoms with E-state index in [0.29, 0.717) is 30.3 Å². The minimum atomic E-state index is -0.314. The molecular weight excluding hydrogens is 345 g/mol. The zero-order valence-corrected chi connectivity index (χ0v) is 16.1. The second-order valence-electron chi connectivity index (χ2n) is 7.89. The van der Waals surface area contributed by atoms with Gasteiger partial charge in [-0.2, -0.15) is 0 Å². The minimum absolute atomic E-state index is 0.175. The number of piperidine rings is 1. The van der Waals surface area contributed by atoms with Crippen molar-refractivity contribution in [2.75, 3.05) is 25.0 Å². The first-order chi connectivity index (χ1) is 13.0. The molecule has 3 rings (SSSR count). The van der Waals surface area contributed by atoms with Gasteiger partial charge in [0.25, 0.3) is 0 Å². The normalized spacial score (nSPS) is 18.5. The molecule has 1 saturated carbocycles. The summed E-state index contributed by atoms with van der Waals surface area (Å²) in [6.07, 6.45) is 7.26. The van der Waals surface area contributed by atoms with Gasteiger partial charge in [0.2, 0.25) is 5.91 Å². The summed E-state index contributed by atoms with van der Waals surface area (Å²) in [5.41, 5.74) is 1.05. The molecule has 0 bridgehead atoms. The molecule has 1 aromatic carbocycles. The van der Waals surface area contributed by atoms with Crippen molar-refractivity contribution in [1.82, 2.24) is 10.2 Å². The Morgan fingerprint density at radius 2 is 1.85 bits per heavy atom. The molecule has 148 valence electrons. The quantitative estimate of drug-likeness (QED) is 0.815. The third-order valence-electron chi connectivity index (χ3n) is 5.90. The highest BCUT2D eigenvalue weighted by Gasteiger charge is 2.24. The van der Waals surface area contributed by atoms with Gasteiger partial charge in [0.05, 0.1) is 0 Å². The second kappa shape index (κ2) is 9.20. The fourth-order valence-electron chi connectivity index (χ4n) is 4.03. The number of nitrogens with zero attached hydrogens (tertiary/aromatic N) is 1. The molecule has 1 aromatic rings. The van der Waals surface area contributed by atoms with E-state index in [9.17, 15) is 14.0 Å². The van der Waals surface area contributed by atoms with E-state index in [1.807, 2.05) is 0 Å². The van der Waals surface area contributed by atoms with Gasteiger partial charge >= 0.3 is 6.03 Å². The van der Waals surface area contributed by atoms with Gasteiger partial charge in [-0.1, -0.05) is 18.9 Å². The Labute approximate surface area is 160 Å². The van der Waals surface area contributed by atoms with Crippen molar-refractivity contribution >= 4 is 17.6 Å². The number of benzene rings is 1. The molecule has 6 heteroatoms. The molecule has 3 amide bonds. The first-order valence-corrected chi connectivity index (χ1v) is 10.1. The van der Waals surface area contributed by atoms with Gasteiger partial charge in [0.1, 0.15) is 5.82 Å². The van der Waals surface area contributed by atoms with Crippen molar-refractivity contribution in [2.24, 2.45) is 11.8 Å². The van der Waals surface area contributed by atoms with Crippen LogP contribution in [0.2, 0.25) is 0 Å². The number of hydrogen-bond donors (Lipinski definition) is 2. The molecule has 0 aromatic heterocycles. The van der Waals surface area contributed by atoms with Crippen LogP contribution in [0.1, 0.15) is 50.5 Å². The number of likely N-dealkylation sites (tertiary alicyclic amines) is 1. The Morgan fingerprint density at radius 3 is 2.52 bits per heavy atom. The van der Waals surface area contributed by atoms with E-state index in [-0.39, 0.29) is 23.7 Å². The van der Waals surface area contributed by atoms with Crippen LogP contribution in [-0.4, -0.2) is 36.5 Å². The van der Waals surface area contributed by atoms with Crippen LogP contribution in [0.4, 0.5) is 14.9 Å². The van der Waals surface area contributed by atoms with Crippen molar-refractivity contribution in [1.29, 1.82) is 0 Å². The van der Waals surface area contributed by atoms with E-state index in [0.717, 1.165) is 38.6 Å². The van der Waals surface area contributed by atoms with Gasteiger partial charge in [0, 0.05) is 31.2 Å². The van der Waals surface area contributed by atoms with Gasteiger partial charge in [-0.25, -0.2) is 9.18 Å². The number of aryl methyl sites for hydroxylation is 1. The molecule has 1 saturated heterocycles. The van der Waals surface area contributed by atoms with Gasteiger partial charge in [-0.15, -0.1) is 0 Å². The maximum absolute atomic E-state index is 13.6. The molecule has 5 nitrogen and oxygen atoms in total. The second-order valence-corrected chi connectivity index (χ2v) is 7.89. The van der Waals surface area contributed by atoms with Crippen LogP contribution in [-0.2, 0) is 4.79 Å². The monoisotopic (exact) mass is 375 g/mol. The number of amides is 3. The topological polar surface area (TPSA) is 61.4 Å². The van der Waals surface area contributed by atoms with Crippen LogP contribution < -0.4 is 10.6 Å². The van der Waals surface area contributed by atoms with E-state index in [1.165, 1.54) is 18.9 Å². The lowest BCUT2D eigenvalue weighted by atomic mass is 9.93. The fraction of sp³-hybridized carbons (Fsp3) is 0.619. The number of rotatable bonds is 5. The summed E-state index contributed by atoms with van der Waals surface area (Å²) in [6.45, 7) is 3.82. The molecule has 1 heterocycles. The molecular formula is C21H30FN3O2. The molecule has 0 spiro atoms. The standard InChI is InChI=1S/C21H30FN3O2/c1-15-6-7-18(14-19(15)22)24-21(27)25-12-9-16(10-13-25)8-11-23-20(26)17-4-2-3-5-17/h6-7,14,16-17H,2-5,8-13H2,1H3,(H,23,26)(H,24,27).